The Kier molecular flexibility index (Phi) is 26.7. The van der Waals surface area contributed by atoms with Gasteiger partial charge in [0.25, 0.3) is 0 Å². The second kappa shape index (κ2) is 27.1. The smallest absolute Gasteiger partial charge is 0.457 e. The van der Waals surface area contributed by atoms with Gasteiger partial charge in [-0.1, -0.05) is 117 Å². The molecule has 0 aromatic rings. The van der Waals surface area contributed by atoms with Crippen molar-refractivity contribution in [2.45, 2.75) is 142 Å². The molecule has 0 rings (SSSR count). The monoisotopic (exact) mass is 551 g/mol. The van der Waals surface area contributed by atoms with Gasteiger partial charge in [0.15, 0.2) is 0 Å². The standard InChI is InChI=1S/C28H58NO7P/c1-3-5-7-9-11-12-13-14-16-18-20-23-33-25-27(26-35-37(31,32)34-24-22-29)36-28(30)21-19-17-15-10-8-6-4-2/h27H,3-26,29H2,1-2H3,(H,31,32). The Balaban J connectivity index is 4.14. The third-order valence-electron chi connectivity index (χ3n) is 6.27. The average Bonchev–Trinajstić information content (AvgIpc) is 2.88. The molecule has 0 aliphatic heterocycles. The molecule has 2 atom stereocenters. The molecule has 0 amide bonds. The van der Waals surface area contributed by atoms with E-state index in [-0.39, 0.29) is 32.3 Å². The van der Waals surface area contributed by atoms with E-state index in [1.807, 2.05) is 0 Å². The number of carbonyl (C=O) groups excluding carboxylic acids is 1. The lowest BCUT2D eigenvalue weighted by atomic mass is 10.1. The molecule has 3 N–H and O–H groups in total. The number of esters is 1. The number of nitrogens with two attached hydrogens (primary N) is 1. The minimum atomic E-state index is -4.24. The zero-order valence-electron chi connectivity index (χ0n) is 24.0. The molecular weight excluding hydrogens is 493 g/mol. The van der Waals surface area contributed by atoms with Crippen molar-refractivity contribution >= 4 is 13.8 Å². The highest BCUT2D eigenvalue weighted by Crippen LogP contribution is 2.43. The lowest BCUT2D eigenvalue weighted by Gasteiger charge is -2.20. The predicted molar refractivity (Wildman–Crippen MR) is 151 cm³/mol. The van der Waals surface area contributed by atoms with Crippen LogP contribution >= 0.6 is 7.82 Å². The molecule has 0 fully saturated rings. The maximum absolute atomic E-state index is 12.3. The van der Waals surface area contributed by atoms with Crippen molar-refractivity contribution in [2.75, 3.05) is 33.0 Å². The van der Waals surface area contributed by atoms with Crippen LogP contribution in [0.25, 0.3) is 0 Å². The molecule has 9 heteroatoms. The zero-order chi connectivity index (χ0) is 27.5. The van der Waals surface area contributed by atoms with E-state index in [4.69, 9.17) is 24.3 Å². The van der Waals surface area contributed by atoms with Crippen LogP contribution in [0.3, 0.4) is 0 Å². The first-order valence-electron chi connectivity index (χ1n) is 15.0. The summed E-state index contributed by atoms with van der Waals surface area (Å²) in [5, 5.41) is 0. The number of hydrogen-bond donors (Lipinski definition) is 2. The number of unbranched alkanes of at least 4 members (excludes halogenated alkanes) is 16. The van der Waals surface area contributed by atoms with Crippen LogP contribution in [0.5, 0.6) is 0 Å². The lowest BCUT2D eigenvalue weighted by Crippen LogP contribution is -2.28. The van der Waals surface area contributed by atoms with Crippen LogP contribution in [0.4, 0.5) is 0 Å². The van der Waals surface area contributed by atoms with E-state index in [1.54, 1.807) is 0 Å². The van der Waals surface area contributed by atoms with E-state index in [0.29, 0.717) is 13.0 Å². The second-order valence-corrected chi connectivity index (χ2v) is 11.4. The summed E-state index contributed by atoms with van der Waals surface area (Å²) in [6.45, 7) is 4.87. The predicted octanol–water partition coefficient (Wildman–Crippen LogP) is 7.46. The van der Waals surface area contributed by atoms with Crippen molar-refractivity contribution in [3.63, 3.8) is 0 Å². The Morgan fingerprint density at radius 3 is 1.70 bits per heavy atom. The largest absolute Gasteiger partial charge is 0.472 e. The molecule has 0 saturated carbocycles. The van der Waals surface area contributed by atoms with Gasteiger partial charge >= 0.3 is 13.8 Å². The highest BCUT2D eigenvalue weighted by Gasteiger charge is 2.25. The molecule has 0 spiro atoms. The fraction of sp³-hybridized carbons (Fsp3) is 0.964. The Hall–Kier alpha value is -0.500. The van der Waals surface area contributed by atoms with Gasteiger partial charge in [-0.05, 0) is 12.8 Å². The van der Waals surface area contributed by atoms with E-state index in [0.717, 1.165) is 32.1 Å². The second-order valence-electron chi connectivity index (χ2n) is 9.98. The number of carbonyl (C=O) groups is 1. The van der Waals surface area contributed by atoms with Crippen molar-refractivity contribution in [1.29, 1.82) is 0 Å². The molecule has 0 aromatic carbocycles. The van der Waals surface area contributed by atoms with E-state index < -0.39 is 13.9 Å². The van der Waals surface area contributed by atoms with Gasteiger partial charge in [-0.25, -0.2) is 4.57 Å². The van der Waals surface area contributed by atoms with Gasteiger partial charge in [-0.15, -0.1) is 0 Å². The van der Waals surface area contributed by atoms with Crippen LogP contribution in [0.15, 0.2) is 0 Å². The molecule has 0 aromatic heterocycles. The van der Waals surface area contributed by atoms with E-state index in [9.17, 15) is 14.3 Å². The van der Waals surface area contributed by atoms with Crippen LogP contribution in [-0.2, 0) is 27.9 Å². The van der Waals surface area contributed by atoms with Gasteiger partial charge in [0, 0.05) is 19.6 Å². The number of rotatable bonds is 29. The minimum absolute atomic E-state index is 0.0914. The summed E-state index contributed by atoms with van der Waals surface area (Å²) in [6.07, 6.45) is 21.2. The first-order chi connectivity index (χ1) is 17.9. The van der Waals surface area contributed by atoms with E-state index >= 15 is 0 Å². The van der Waals surface area contributed by atoms with Crippen molar-refractivity contribution in [2.24, 2.45) is 5.73 Å². The Morgan fingerprint density at radius 1 is 0.703 bits per heavy atom. The first kappa shape index (κ1) is 36.5. The van der Waals surface area contributed by atoms with Crippen molar-refractivity contribution < 1.29 is 32.8 Å². The third-order valence-corrected chi connectivity index (χ3v) is 7.26. The number of phosphoric acid groups is 1. The Labute approximate surface area is 227 Å². The molecule has 2 unspecified atom stereocenters. The van der Waals surface area contributed by atoms with Crippen LogP contribution < -0.4 is 5.73 Å². The summed E-state index contributed by atoms with van der Waals surface area (Å²) in [5.41, 5.74) is 5.31. The fourth-order valence-electron chi connectivity index (χ4n) is 4.05. The zero-order valence-corrected chi connectivity index (χ0v) is 24.9. The fourth-order valence-corrected chi connectivity index (χ4v) is 4.82. The molecule has 0 aliphatic rings. The van der Waals surface area contributed by atoms with Gasteiger partial charge in [-0.2, -0.15) is 0 Å². The maximum Gasteiger partial charge on any atom is 0.472 e. The highest BCUT2D eigenvalue weighted by molar-refractivity contribution is 7.47. The van der Waals surface area contributed by atoms with E-state index in [2.05, 4.69) is 13.8 Å². The van der Waals surface area contributed by atoms with Crippen molar-refractivity contribution in [3.8, 4) is 0 Å². The Morgan fingerprint density at radius 2 is 1.19 bits per heavy atom. The van der Waals surface area contributed by atoms with E-state index in [1.165, 1.54) is 83.5 Å². The lowest BCUT2D eigenvalue weighted by molar-refractivity contribution is -0.154. The molecule has 0 bridgehead atoms. The van der Waals surface area contributed by atoms with Gasteiger partial charge in [0.05, 0.1) is 19.8 Å². The molecule has 222 valence electrons. The molecule has 8 nitrogen and oxygen atoms in total. The van der Waals surface area contributed by atoms with Gasteiger partial charge in [-0.3, -0.25) is 13.8 Å². The van der Waals surface area contributed by atoms with Crippen molar-refractivity contribution in [3.05, 3.63) is 0 Å². The summed E-state index contributed by atoms with van der Waals surface area (Å²) in [7, 11) is -4.24. The number of ether oxygens (including phenoxy) is 2. The summed E-state index contributed by atoms with van der Waals surface area (Å²) < 4.78 is 32.9. The SMILES string of the molecule is CCCCCCCCCCCCCOCC(COP(=O)(O)OCCN)OC(=O)CCCCCCCCC. The third kappa shape index (κ3) is 26.9. The molecular formula is C28H58NO7P. The van der Waals surface area contributed by atoms with Gasteiger partial charge < -0.3 is 20.1 Å². The van der Waals surface area contributed by atoms with Crippen LogP contribution in [0.1, 0.15) is 136 Å². The Bertz CT molecular complexity index is 551. The average molecular weight is 552 g/mol. The molecule has 0 heterocycles. The molecule has 37 heavy (non-hydrogen) atoms. The summed E-state index contributed by atoms with van der Waals surface area (Å²) in [4.78, 5) is 22.1. The first-order valence-corrected chi connectivity index (χ1v) is 16.5. The summed E-state index contributed by atoms with van der Waals surface area (Å²) in [5.74, 6) is -0.337. The highest BCUT2D eigenvalue weighted by atomic mass is 31.2. The summed E-state index contributed by atoms with van der Waals surface area (Å²) in [6, 6.07) is 0. The molecule has 0 saturated heterocycles. The number of phosphoric ester groups is 1. The van der Waals surface area contributed by atoms with Crippen LogP contribution in [0, 0.1) is 0 Å². The van der Waals surface area contributed by atoms with Crippen LogP contribution in [0.2, 0.25) is 0 Å². The maximum atomic E-state index is 12.3. The van der Waals surface area contributed by atoms with Crippen LogP contribution in [-0.4, -0.2) is 49.9 Å². The normalized spacial score (nSPS) is 13.9. The van der Waals surface area contributed by atoms with Crippen molar-refractivity contribution in [1.82, 2.24) is 0 Å². The quantitative estimate of drug-likeness (QED) is 0.0559. The molecule has 0 radical (unpaired) electrons. The number of hydrogen-bond acceptors (Lipinski definition) is 7. The summed E-state index contributed by atoms with van der Waals surface area (Å²) >= 11 is 0. The van der Waals surface area contributed by atoms with Gasteiger partial charge in [0.2, 0.25) is 0 Å². The minimum Gasteiger partial charge on any atom is -0.457 e. The molecule has 0 aliphatic carbocycles. The topological polar surface area (TPSA) is 117 Å². The van der Waals surface area contributed by atoms with Gasteiger partial charge in [0.1, 0.15) is 6.10 Å².